The second-order valence-electron chi connectivity index (χ2n) is 3.36. The number of hydrogen-bond acceptors (Lipinski definition) is 4. The molecule has 0 spiro atoms. The first-order valence-corrected chi connectivity index (χ1v) is 5.75. The van der Waals surface area contributed by atoms with Crippen LogP contribution in [0.15, 0.2) is 0 Å². The summed E-state index contributed by atoms with van der Waals surface area (Å²) in [5, 5.41) is 16.4. The van der Waals surface area contributed by atoms with Crippen LogP contribution in [0.2, 0.25) is 0 Å². The minimum absolute atomic E-state index is 0.167. The summed E-state index contributed by atoms with van der Waals surface area (Å²) in [5.74, 6) is -2.18. The lowest BCUT2D eigenvalue weighted by molar-refractivity contribution is -0.143. The van der Waals surface area contributed by atoms with Crippen molar-refractivity contribution in [1.29, 1.82) is 0 Å². The van der Waals surface area contributed by atoms with Gasteiger partial charge >= 0.3 is 11.9 Å². The van der Waals surface area contributed by atoms with Crippen molar-refractivity contribution < 1.29 is 24.5 Å². The molecule has 1 aliphatic rings. The van der Waals surface area contributed by atoms with Crippen molar-refractivity contribution in [2.75, 3.05) is 6.61 Å². The monoisotopic (exact) mass is 234 g/mol. The van der Waals surface area contributed by atoms with E-state index in [4.69, 9.17) is 14.9 Å². The van der Waals surface area contributed by atoms with Gasteiger partial charge in [-0.15, -0.1) is 11.8 Å². The predicted molar refractivity (Wildman–Crippen MR) is 54.9 cm³/mol. The first kappa shape index (κ1) is 12.3. The van der Waals surface area contributed by atoms with Gasteiger partial charge in [-0.05, 0) is 19.3 Å². The van der Waals surface area contributed by atoms with E-state index in [1.807, 2.05) is 0 Å². The van der Waals surface area contributed by atoms with Crippen molar-refractivity contribution in [1.82, 2.24) is 0 Å². The highest BCUT2D eigenvalue weighted by atomic mass is 32.2. The smallest absolute Gasteiger partial charge is 0.317 e. The maximum Gasteiger partial charge on any atom is 0.317 e. The molecule has 1 heterocycles. The maximum absolute atomic E-state index is 10.8. The molecule has 0 aromatic heterocycles. The van der Waals surface area contributed by atoms with Crippen LogP contribution in [0, 0.1) is 0 Å². The van der Waals surface area contributed by atoms with Gasteiger partial charge in [0.05, 0.1) is 6.42 Å². The third-order valence-corrected chi connectivity index (χ3v) is 3.46. The Morgan fingerprint density at radius 1 is 1.40 bits per heavy atom. The zero-order chi connectivity index (χ0) is 11.3. The molecule has 0 bridgehead atoms. The molecule has 0 aliphatic carbocycles. The second kappa shape index (κ2) is 5.97. The third-order valence-electron chi connectivity index (χ3n) is 2.09. The van der Waals surface area contributed by atoms with E-state index in [1.165, 1.54) is 0 Å². The fraction of sp³-hybridized carbons (Fsp3) is 0.778. The fourth-order valence-corrected chi connectivity index (χ4v) is 2.55. The Labute approximate surface area is 91.8 Å². The van der Waals surface area contributed by atoms with Gasteiger partial charge in [-0.2, -0.15) is 0 Å². The quantitative estimate of drug-likeness (QED) is 0.743. The summed E-state index contributed by atoms with van der Waals surface area (Å²) in [6.07, 6.45) is 2.44. The van der Waals surface area contributed by atoms with Crippen molar-refractivity contribution in [3.05, 3.63) is 0 Å². The van der Waals surface area contributed by atoms with Gasteiger partial charge in [-0.3, -0.25) is 9.59 Å². The number of carboxylic acids is 2. The molecule has 86 valence electrons. The highest BCUT2D eigenvalue weighted by Gasteiger charge is 2.27. The molecule has 1 saturated heterocycles. The molecule has 6 heteroatoms. The third kappa shape index (κ3) is 4.53. The Bertz CT molecular complexity index is 237. The average molecular weight is 234 g/mol. The Balaban J connectivity index is 2.42. The van der Waals surface area contributed by atoms with Gasteiger partial charge in [0.25, 0.3) is 0 Å². The number of hydrogen-bond donors (Lipinski definition) is 2. The molecule has 0 saturated carbocycles. The highest BCUT2D eigenvalue weighted by Crippen LogP contribution is 2.28. The Kier molecular flexibility index (Phi) is 4.90. The number of rotatable bonds is 5. The van der Waals surface area contributed by atoms with Crippen molar-refractivity contribution >= 4 is 23.7 Å². The summed E-state index contributed by atoms with van der Waals surface area (Å²) >= 11 is 1.10. The molecule has 0 amide bonds. The highest BCUT2D eigenvalue weighted by molar-refractivity contribution is 8.01. The van der Waals surface area contributed by atoms with Gasteiger partial charge in [0.1, 0.15) is 10.7 Å². The molecule has 2 unspecified atom stereocenters. The molecule has 15 heavy (non-hydrogen) atoms. The zero-order valence-electron chi connectivity index (χ0n) is 8.22. The first-order valence-electron chi connectivity index (χ1n) is 4.81. The summed E-state index contributed by atoms with van der Waals surface area (Å²) < 4.78 is 5.35. The zero-order valence-corrected chi connectivity index (χ0v) is 9.03. The summed E-state index contributed by atoms with van der Waals surface area (Å²) in [7, 11) is 0. The van der Waals surface area contributed by atoms with Crippen molar-refractivity contribution in [2.45, 2.75) is 36.4 Å². The van der Waals surface area contributed by atoms with E-state index in [0.717, 1.165) is 31.0 Å². The van der Waals surface area contributed by atoms with Crippen LogP contribution < -0.4 is 0 Å². The number of thioether (sulfide) groups is 1. The van der Waals surface area contributed by atoms with E-state index in [-0.39, 0.29) is 11.9 Å². The fourth-order valence-electron chi connectivity index (χ4n) is 1.35. The summed E-state index contributed by atoms with van der Waals surface area (Å²) in [6.45, 7) is 0.636. The molecule has 0 aromatic carbocycles. The van der Waals surface area contributed by atoms with Crippen LogP contribution in [0.5, 0.6) is 0 Å². The number of aliphatic carboxylic acids is 2. The molecule has 5 nitrogen and oxygen atoms in total. The molecular formula is C9H14O5S. The maximum atomic E-state index is 10.8. The van der Waals surface area contributed by atoms with E-state index in [0.29, 0.717) is 6.61 Å². The average Bonchev–Trinajstić information content (AvgIpc) is 2.17. The van der Waals surface area contributed by atoms with E-state index >= 15 is 0 Å². The Morgan fingerprint density at radius 2 is 2.13 bits per heavy atom. The standard InChI is InChI=1S/C9H14O5S/c10-7(11)5-6(9(12)13)15-8-3-1-2-4-14-8/h6,8H,1-5H2,(H,10,11)(H,12,13). The number of ether oxygens (including phenoxy) is 1. The summed E-state index contributed by atoms with van der Waals surface area (Å²) in [4.78, 5) is 21.2. The van der Waals surface area contributed by atoms with Crippen LogP contribution in [-0.2, 0) is 14.3 Å². The number of carbonyl (C=O) groups is 2. The minimum Gasteiger partial charge on any atom is -0.481 e. The molecule has 1 rings (SSSR count). The van der Waals surface area contributed by atoms with Crippen LogP contribution in [0.4, 0.5) is 0 Å². The molecule has 1 fully saturated rings. The molecule has 1 aliphatic heterocycles. The lowest BCUT2D eigenvalue weighted by Crippen LogP contribution is -2.26. The van der Waals surface area contributed by atoms with E-state index in [1.54, 1.807) is 0 Å². The van der Waals surface area contributed by atoms with Crippen LogP contribution in [0.3, 0.4) is 0 Å². The van der Waals surface area contributed by atoms with Crippen LogP contribution in [0.25, 0.3) is 0 Å². The number of carboxylic acid groups (broad SMARTS) is 2. The normalized spacial score (nSPS) is 23.3. The van der Waals surface area contributed by atoms with Gasteiger partial charge in [0.2, 0.25) is 0 Å². The summed E-state index contributed by atoms with van der Waals surface area (Å²) in [5.41, 5.74) is -0.167. The topological polar surface area (TPSA) is 83.8 Å². The lowest BCUT2D eigenvalue weighted by atomic mass is 10.2. The largest absolute Gasteiger partial charge is 0.481 e. The van der Waals surface area contributed by atoms with Crippen LogP contribution in [-0.4, -0.2) is 39.4 Å². The SMILES string of the molecule is O=C(O)CC(SC1CCCCO1)C(=O)O. The van der Waals surface area contributed by atoms with Crippen molar-refractivity contribution in [3.63, 3.8) is 0 Å². The van der Waals surface area contributed by atoms with Crippen molar-refractivity contribution in [2.24, 2.45) is 0 Å². The Hall–Kier alpha value is -0.750. The van der Waals surface area contributed by atoms with Gasteiger partial charge in [-0.25, -0.2) is 0 Å². The second-order valence-corrected chi connectivity index (χ2v) is 4.72. The van der Waals surface area contributed by atoms with Crippen LogP contribution in [0.1, 0.15) is 25.7 Å². The lowest BCUT2D eigenvalue weighted by Gasteiger charge is -2.24. The van der Waals surface area contributed by atoms with Gasteiger partial charge in [0.15, 0.2) is 0 Å². The summed E-state index contributed by atoms with van der Waals surface area (Å²) in [6, 6.07) is 0. The van der Waals surface area contributed by atoms with E-state index in [2.05, 4.69) is 0 Å². The Morgan fingerprint density at radius 3 is 2.60 bits per heavy atom. The molecule has 2 N–H and O–H groups in total. The molecule has 0 aromatic rings. The minimum atomic E-state index is -1.09. The molecule has 0 radical (unpaired) electrons. The van der Waals surface area contributed by atoms with E-state index in [9.17, 15) is 9.59 Å². The molecular weight excluding hydrogens is 220 g/mol. The van der Waals surface area contributed by atoms with Gasteiger partial charge in [-0.1, -0.05) is 0 Å². The van der Waals surface area contributed by atoms with Gasteiger partial charge < -0.3 is 14.9 Å². The first-order chi connectivity index (χ1) is 7.09. The molecule has 2 atom stereocenters. The van der Waals surface area contributed by atoms with Crippen LogP contribution >= 0.6 is 11.8 Å². The van der Waals surface area contributed by atoms with Crippen molar-refractivity contribution in [3.8, 4) is 0 Å². The van der Waals surface area contributed by atoms with E-state index < -0.39 is 17.2 Å². The predicted octanol–water partition coefficient (Wildman–Crippen LogP) is 1.17. The van der Waals surface area contributed by atoms with Gasteiger partial charge in [0, 0.05) is 6.61 Å².